The molecule has 1 fully saturated rings. The zero-order chi connectivity index (χ0) is 31.0. The molecule has 2 aromatic carbocycles. The number of nitrogens with zero attached hydrogens (tertiary/aromatic N) is 3. The van der Waals surface area contributed by atoms with Gasteiger partial charge in [-0.05, 0) is 67.6 Å². The van der Waals surface area contributed by atoms with Crippen LogP contribution >= 0.6 is 0 Å². The van der Waals surface area contributed by atoms with Crippen LogP contribution < -0.4 is 10.1 Å². The number of amidine groups is 1. The lowest BCUT2D eigenvalue weighted by molar-refractivity contribution is -0.137. The summed E-state index contributed by atoms with van der Waals surface area (Å²) in [5.74, 6) is -0.00359. The number of hydrogen-bond donors (Lipinski definition) is 1. The number of aryl methyl sites for hydroxylation is 2. The number of rotatable bonds is 0. The summed E-state index contributed by atoms with van der Waals surface area (Å²) >= 11 is 0. The van der Waals surface area contributed by atoms with Gasteiger partial charge in [0, 0.05) is 44.2 Å². The van der Waals surface area contributed by atoms with Gasteiger partial charge in [-0.15, -0.1) is 4.31 Å². The van der Waals surface area contributed by atoms with Crippen LogP contribution in [0.1, 0.15) is 51.9 Å². The molecule has 1 unspecified atom stereocenters. The number of amides is 2. The van der Waals surface area contributed by atoms with E-state index in [-0.39, 0.29) is 35.6 Å². The largest absolute Gasteiger partial charge is 0.493 e. The zero-order valence-corrected chi connectivity index (χ0v) is 25.3. The second-order valence-electron chi connectivity index (χ2n) is 11.5. The fourth-order valence-corrected chi connectivity index (χ4v) is 7.47. The molecule has 0 saturated carbocycles. The number of carbonyl (C=O) groups excluding carboxylic acids is 2. The van der Waals surface area contributed by atoms with Crippen LogP contribution in [0.4, 0.5) is 13.2 Å². The Bertz CT molecular complexity index is 1530. The van der Waals surface area contributed by atoms with Crippen molar-refractivity contribution in [3.63, 3.8) is 0 Å². The number of alkyl halides is 3. The molecule has 5 aliphatic heterocycles. The molecule has 1 atom stereocenters. The molecule has 7 rings (SSSR count). The minimum atomic E-state index is -4.63. The molecule has 1 spiro atoms. The highest BCUT2D eigenvalue weighted by atomic mass is 32.3. The highest BCUT2D eigenvalue weighted by Gasteiger charge is 2.49. The predicted molar refractivity (Wildman–Crippen MR) is 160 cm³/mol. The zero-order valence-electron chi connectivity index (χ0n) is 24.5. The van der Waals surface area contributed by atoms with Gasteiger partial charge in [0.2, 0.25) is 0 Å². The van der Waals surface area contributed by atoms with Gasteiger partial charge in [-0.3, -0.25) is 14.6 Å². The van der Waals surface area contributed by atoms with Crippen LogP contribution in [0.15, 0.2) is 53.5 Å². The summed E-state index contributed by atoms with van der Waals surface area (Å²) in [5.41, 5.74) is 0.614. The van der Waals surface area contributed by atoms with E-state index in [2.05, 4.69) is 10.3 Å². The third kappa shape index (κ3) is 6.70. The number of benzene rings is 2. The highest BCUT2D eigenvalue weighted by Crippen LogP contribution is 2.36. The van der Waals surface area contributed by atoms with Crippen molar-refractivity contribution in [2.45, 2.75) is 44.3 Å². The number of fused-ring (bicyclic) bond motifs is 2. The second kappa shape index (κ2) is 11.9. The molecule has 0 aliphatic carbocycles. The normalized spacial score (nSPS) is 27.7. The third-order valence-electron chi connectivity index (χ3n) is 8.37. The molecule has 8 nitrogen and oxygen atoms in total. The van der Waals surface area contributed by atoms with Gasteiger partial charge in [0.15, 0.2) is 10.1 Å². The first kappa shape index (κ1) is 30.9. The Morgan fingerprint density at radius 1 is 1.05 bits per heavy atom. The molecule has 5 aliphatic rings. The second-order valence-corrected chi connectivity index (χ2v) is 14.3. The summed E-state index contributed by atoms with van der Waals surface area (Å²) in [5, 5.41) is 2.70. The van der Waals surface area contributed by atoms with Gasteiger partial charge >= 0.3 is 6.18 Å². The maximum Gasteiger partial charge on any atom is 0.416 e. The number of aliphatic imine (C=N–C) groups is 1. The molecule has 2 aromatic rings. The van der Waals surface area contributed by atoms with Crippen molar-refractivity contribution in [3.05, 3.63) is 76.4 Å². The van der Waals surface area contributed by atoms with Crippen molar-refractivity contribution >= 4 is 27.8 Å². The van der Waals surface area contributed by atoms with Crippen LogP contribution in [-0.4, -0.2) is 77.7 Å². The smallest absolute Gasteiger partial charge is 0.416 e. The first-order chi connectivity index (χ1) is 20.3. The topological polar surface area (TPSA) is 91.3 Å². The van der Waals surface area contributed by atoms with E-state index in [0.717, 1.165) is 23.3 Å². The number of piperidine rings is 1. The predicted octanol–water partition coefficient (Wildman–Crippen LogP) is 4.42. The van der Waals surface area contributed by atoms with E-state index in [9.17, 15) is 27.0 Å². The van der Waals surface area contributed by atoms with E-state index in [4.69, 9.17) is 4.74 Å². The Morgan fingerprint density at radius 2 is 1.79 bits per heavy atom. The Labute approximate surface area is 250 Å². The summed E-state index contributed by atoms with van der Waals surface area (Å²) in [6.45, 7) is 3.14. The minimum absolute atomic E-state index is 0.0113. The molecule has 12 heteroatoms. The van der Waals surface area contributed by atoms with Crippen molar-refractivity contribution in [2.75, 3.05) is 45.3 Å². The molecule has 0 radical (unpaired) electrons. The molecular formula is C31H36F3N4O4S+. The summed E-state index contributed by atoms with van der Waals surface area (Å²) in [6.07, 6.45) is 2.29. The Hall–Kier alpha value is -3.51. The summed E-state index contributed by atoms with van der Waals surface area (Å²) in [7, 11) is -0.724. The Balaban J connectivity index is 1.46. The van der Waals surface area contributed by atoms with E-state index >= 15 is 0 Å². The Morgan fingerprint density at radius 3 is 2.49 bits per heavy atom. The summed E-state index contributed by atoms with van der Waals surface area (Å²) in [6, 6.07) is 8.90. The maximum absolute atomic E-state index is 13.8. The fraction of sp³-hybridized carbons (Fsp3) is 0.452. The first-order valence-corrected chi connectivity index (χ1v) is 16.4. The number of halogens is 3. The fourth-order valence-electron chi connectivity index (χ4n) is 5.65. The summed E-state index contributed by atoms with van der Waals surface area (Å²) in [4.78, 5) is 32.3. The van der Waals surface area contributed by atoms with Gasteiger partial charge in [-0.1, -0.05) is 22.4 Å². The van der Waals surface area contributed by atoms with Crippen molar-refractivity contribution in [1.29, 1.82) is 0 Å². The van der Waals surface area contributed by atoms with Crippen LogP contribution in [0.3, 0.4) is 0 Å². The van der Waals surface area contributed by atoms with E-state index in [1.54, 1.807) is 24.3 Å². The number of hydrogen-bond acceptors (Lipinski definition) is 5. The van der Waals surface area contributed by atoms with E-state index in [1.807, 2.05) is 35.5 Å². The van der Waals surface area contributed by atoms with Crippen molar-refractivity contribution in [2.24, 2.45) is 4.99 Å². The average Bonchev–Trinajstić information content (AvgIpc) is 3.27. The lowest BCUT2D eigenvalue weighted by atomic mass is 9.89. The highest BCUT2D eigenvalue weighted by molar-refractivity contribution is 8.00. The van der Waals surface area contributed by atoms with Gasteiger partial charge in [-0.2, -0.15) is 13.2 Å². The van der Waals surface area contributed by atoms with Crippen LogP contribution in [0.25, 0.3) is 0 Å². The van der Waals surface area contributed by atoms with Gasteiger partial charge in [0.05, 0.1) is 12.2 Å². The van der Waals surface area contributed by atoms with Crippen LogP contribution in [0.2, 0.25) is 0 Å². The van der Waals surface area contributed by atoms with Crippen molar-refractivity contribution < 1.29 is 31.7 Å². The maximum atomic E-state index is 13.8. The lowest BCUT2D eigenvalue weighted by Gasteiger charge is -2.34. The SMILES string of the molecule is Cc1cc2ccc1CC[S+](C)(=O)N1CCC3(CC1)N=C(NC3=O)c1cc(cc(C(F)(F)F)c1)OCC/C=C\CN(C)C2=O. The molecule has 1 saturated heterocycles. The molecule has 0 aromatic heterocycles. The first-order valence-electron chi connectivity index (χ1n) is 14.3. The number of carbonyl (C=O) groups is 2. The molecular weight excluding hydrogens is 581 g/mol. The number of likely N-dealkylation sites (N-methyl/N-ethyl adjacent to an activating group) is 1. The molecule has 230 valence electrons. The molecule has 5 heterocycles. The molecule has 43 heavy (non-hydrogen) atoms. The van der Waals surface area contributed by atoms with Gasteiger partial charge in [0.1, 0.15) is 29.1 Å². The lowest BCUT2D eigenvalue weighted by Crippen LogP contribution is -2.52. The molecule has 7 bridgehead atoms. The standard InChI is InChI=1S/C31H35F3N4O4S/c1-21-17-23-8-7-22(21)9-16-43(3,41)38-13-10-30(11-14-38)29(40)35-27(36-30)24-18-25(31(32,33)34)20-26(19-24)42-15-6-4-5-12-37(2)28(23)39/h4-5,7-8,17-20H,6,9-16H2,1-3H3/p+1/b5-4-. The van der Waals surface area contributed by atoms with Crippen LogP contribution in [0, 0.1) is 6.92 Å². The summed E-state index contributed by atoms with van der Waals surface area (Å²) < 4.78 is 62.7. The van der Waals surface area contributed by atoms with E-state index < -0.39 is 27.4 Å². The van der Waals surface area contributed by atoms with Gasteiger partial charge in [-0.25, -0.2) is 0 Å². The van der Waals surface area contributed by atoms with Crippen molar-refractivity contribution in [3.8, 4) is 5.75 Å². The number of nitrogens with one attached hydrogen (secondary N) is 1. The van der Waals surface area contributed by atoms with E-state index in [0.29, 0.717) is 56.6 Å². The van der Waals surface area contributed by atoms with Gasteiger partial charge in [0.25, 0.3) is 11.8 Å². The third-order valence-corrected chi connectivity index (χ3v) is 10.8. The van der Waals surface area contributed by atoms with Crippen LogP contribution in [-0.2, 0) is 31.7 Å². The Kier molecular flexibility index (Phi) is 8.54. The van der Waals surface area contributed by atoms with Crippen LogP contribution in [0.5, 0.6) is 5.75 Å². The number of ether oxygens (including phenoxy) is 1. The molecule has 2 amide bonds. The van der Waals surface area contributed by atoms with E-state index in [1.165, 1.54) is 6.07 Å². The molecule has 1 N–H and O–H groups in total. The van der Waals surface area contributed by atoms with Crippen molar-refractivity contribution in [1.82, 2.24) is 14.5 Å². The quantitative estimate of drug-likeness (QED) is 0.350. The average molecular weight is 618 g/mol. The minimum Gasteiger partial charge on any atom is -0.493 e. The van der Waals surface area contributed by atoms with Gasteiger partial charge < -0.3 is 15.0 Å². The monoisotopic (exact) mass is 617 g/mol.